The van der Waals surface area contributed by atoms with Gasteiger partial charge in [0.2, 0.25) is 0 Å². The molecule has 2 aliphatic rings. The first kappa shape index (κ1) is 24.7. The Morgan fingerprint density at radius 3 is 2.39 bits per heavy atom. The molecule has 4 heterocycles. The zero-order valence-electron chi connectivity index (χ0n) is 22.5. The molecule has 0 atom stereocenters. The molecule has 2 saturated heterocycles. The summed E-state index contributed by atoms with van der Waals surface area (Å²) in [6.45, 7) is 11.1. The normalized spacial score (nSPS) is 16.8. The number of rotatable bonds is 7. The Balaban J connectivity index is 1.11. The zero-order chi connectivity index (χ0) is 26.1. The van der Waals surface area contributed by atoms with E-state index < -0.39 is 0 Å². The summed E-state index contributed by atoms with van der Waals surface area (Å²) in [6, 6.07) is 25.7. The molecule has 0 bridgehead atoms. The van der Waals surface area contributed by atoms with Gasteiger partial charge in [-0.05, 0) is 47.9 Å². The standard InChI is InChI=1S/C32H37N5O/c1-24(2)21-37-28(18-25-8-4-3-5-9-25)20-27-19-26(11-12-30(27)37)32(38)36-22-29(23-36)34-14-16-35(17-15-34)31-10-6-7-13-33-31/h3-13,19-20,24,29H,14-18,21-23H2,1-2H3. The molecule has 0 unspecified atom stereocenters. The molecule has 6 heteroatoms. The van der Waals surface area contributed by atoms with Crippen molar-refractivity contribution < 1.29 is 4.79 Å². The van der Waals surface area contributed by atoms with E-state index in [-0.39, 0.29) is 5.91 Å². The summed E-state index contributed by atoms with van der Waals surface area (Å²) in [5, 5.41) is 1.16. The largest absolute Gasteiger partial charge is 0.354 e. The Bertz CT molecular complexity index is 1380. The van der Waals surface area contributed by atoms with Crippen molar-refractivity contribution in [3.8, 4) is 0 Å². The molecular weight excluding hydrogens is 470 g/mol. The van der Waals surface area contributed by atoms with E-state index in [2.05, 4.69) is 87.8 Å². The lowest BCUT2D eigenvalue weighted by molar-refractivity contribution is 0.0246. The summed E-state index contributed by atoms with van der Waals surface area (Å²) in [5.41, 5.74) is 4.62. The average Bonchev–Trinajstić information content (AvgIpc) is 3.24. The van der Waals surface area contributed by atoms with E-state index in [4.69, 9.17) is 0 Å². The van der Waals surface area contributed by atoms with E-state index in [1.54, 1.807) is 0 Å². The number of pyridine rings is 1. The molecule has 0 radical (unpaired) electrons. The van der Waals surface area contributed by atoms with Crippen LogP contribution in [-0.4, -0.2) is 70.6 Å². The van der Waals surface area contributed by atoms with E-state index in [0.29, 0.717) is 12.0 Å². The highest BCUT2D eigenvalue weighted by atomic mass is 16.2. The second-order valence-corrected chi connectivity index (χ2v) is 11.2. The van der Waals surface area contributed by atoms with E-state index in [1.807, 2.05) is 29.3 Å². The summed E-state index contributed by atoms with van der Waals surface area (Å²) in [6.07, 6.45) is 2.75. The Labute approximate surface area is 225 Å². The number of fused-ring (bicyclic) bond motifs is 1. The van der Waals surface area contributed by atoms with Crippen LogP contribution in [0.25, 0.3) is 10.9 Å². The number of amides is 1. The Kier molecular flexibility index (Phi) is 6.90. The number of hydrogen-bond acceptors (Lipinski definition) is 4. The monoisotopic (exact) mass is 507 g/mol. The molecule has 2 aromatic heterocycles. The molecule has 196 valence electrons. The van der Waals surface area contributed by atoms with Gasteiger partial charge in [-0.3, -0.25) is 9.69 Å². The van der Waals surface area contributed by atoms with Crippen LogP contribution in [0.2, 0.25) is 0 Å². The quantitative estimate of drug-likeness (QED) is 0.356. The van der Waals surface area contributed by atoms with Crippen LogP contribution in [0.1, 0.15) is 35.5 Å². The van der Waals surface area contributed by atoms with Gasteiger partial charge in [0.15, 0.2) is 0 Å². The van der Waals surface area contributed by atoms with Crippen molar-refractivity contribution in [1.82, 2.24) is 19.4 Å². The van der Waals surface area contributed by atoms with Crippen LogP contribution >= 0.6 is 0 Å². The number of likely N-dealkylation sites (tertiary alicyclic amines) is 1. The highest BCUT2D eigenvalue weighted by Crippen LogP contribution is 2.27. The van der Waals surface area contributed by atoms with Gasteiger partial charge in [-0.25, -0.2) is 4.98 Å². The van der Waals surface area contributed by atoms with Gasteiger partial charge in [0, 0.05) is 86.6 Å². The number of carbonyl (C=O) groups excluding carboxylic acids is 1. The summed E-state index contributed by atoms with van der Waals surface area (Å²) in [4.78, 5) is 24.8. The second-order valence-electron chi connectivity index (χ2n) is 11.2. The van der Waals surface area contributed by atoms with Crippen LogP contribution in [0.5, 0.6) is 0 Å². The lowest BCUT2D eigenvalue weighted by atomic mass is 10.0. The SMILES string of the molecule is CC(C)Cn1c(Cc2ccccc2)cc2cc(C(=O)N3CC(N4CCN(c5ccccn5)CC4)C3)ccc21. The van der Waals surface area contributed by atoms with Crippen LogP contribution < -0.4 is 4.90 Å². The minimum atomic E-state index is 0.150. The van der Waals surface area contributed by atoms with Crippen LogP contribution in [0.15, 0.2) is 79.0 Å². The molecule has 6 nitrogen and oxygen atoms in total. The van der Waals surface area contributed by atoms with E-state index in [1.165, 1.54) is 16.8 Å². The second kappa shape index (κ2) is 10.6. The molecule has 6 rings (SSSR count). The third kappa shape index (κ3) is 5.05. The van der Waals surface area contributed by atoms with E-state index in [0.717, 1.165) is 69.0 Å². The number of carbonyl (C=O) groups is 1. The first-order valence-corrected chi connectivity index (χ1v) is 13.9. The smallest absolute Gasteiger partial charge is 0.253 e. The van der Waals surface area contributed by atoms with Gasteiger partial charge in [-0.1, -0.05) is 50.2 Å². The molecule has 0 spiro atoms. The van der Waals surface area contributed by atoms with Gasteiger partial charge in [-0.2, -0.15) is 0 Å². The fourth-order valence-corrected chi connectivity index (χ4v) is 5.88. The molecule has 0 saturated carbocycles. The molecule has 0 N–H and O–H groups in total. The van der Waals surface area contributed by atoms with Gasteiger partial charge in [0.25, 0.3) is 5.91 Å². The highest BCUT2D eigenvalue weighted by molar-refractivity contribution is 5.98. The molecular formula is C32H37N5O. The number of anilines is 1. The summed E-state index contributed by atoms with van der Waals surface area (Å²) < 4.78 is 2.44. The van der Waals surface area contributed by atoms with Gasteiger partial charge >= 0.3 is 0 Å². The molecule has 38 heavy (non-hydrogen) atoms. The van der Waals surface area contributed by atoms with Gasteiger partial charge in [-0.15, -0.1) is 0 Å². The first-order chi connectivity index (χ1) is 18.5. The maximum atomic E-state index is 13.4. The Hall–Kier alpha value is -3.64. The van der Waals surface area contributed by atoms with Gasteiger partial charge < -0.3 is 14.4 Å². The topological polar surface area (TPSA) is 44.6 Å². The van der Waals surface area contributed by atoms with Crippen LogP contribution in [0.3, 0.4) is 0 Å². The molecule has 1 amide bonds. The lowest BCUT2D eigenvalue weighted by Gasteiger charge is -2.48. The maximum Gasteiger partial charge on any atom is 0.253 e. The van der Waals surface area contributed by atoms with Crippen molar-refractivity contribution in [3.05, 3.63) is 95.8 Å². The van der Waals surface area contributed by atoms with Crippen molar-refractivity contribution in [2.75, 3.05) is 44.2 Å². The van der Waals surface area contributed by atoms with Gasteiger partial charge in [0.05, 0.1) is 0 Å². The summed E-state index contributed by atoms with van der Waals surface area (Å²) in [5.74, 6) is 1.75. The number of aromatic nitrogens is 2. The fourth-order valence-electron chi connectivity index (χ4n) is 5.88. The lowest BCUT2D eigenvalue weighted by Crippen LogP contribution is -2.64. The number of piperazine rings is 1. The van der Waals surface area contributed by atoms with Crippen LogP contribution in [0, 0.1) is 5.92 Å². The minimum absolute atomic E-state index is 0.150. The number of benzene rings is 2. The van der Waals surface area contributed by atoms with Crippen molar-refractivity contribution in [2.24, 2.45) is 5.92 Å². The Morgan fingerprint density at radius 1 is 0.921 bits per heavy atom. The van der Waals surface area contributed by atoms with Crippen LogP contribution in [0.4, 0.5) is 5.82 Å². The van der Waals surface area contributed by atoms with E-state index in [9.17, 15) is 4.79 Å². The fraction of sp³-hybridized carbons (Fsp3) is 0.375. The van der Waals surface area contributed by atoms with Crippen molar-refractivity contribution in [3.63, 3.8) is 0 Å². The summed E-state index contributed by atoms with van der Waals surface area (Å²) in [7, 11) is 0. The van der Waals surface area contributed by atoms with Crippen molar-refractivity contribution in [1.29, 1.82) is 0 Å². The molecule has 2 aliphatic heterocycles. The minimum Gasteiger partial charge on any atom is -0.354 e. The predicted molar refractivity (Wildman–Crippen MR) is 154 cm³/mol. The molecule has 4 aromatic rings. The first-order valence-electron chi connectivity index (χ1n) is 13.9. The Morgan fingerprint density at radius 2 is 1.68 bits per heavy atom. The van der Waals surface area contributed by atoms with Crippen molar-refractivity contribution >= 4 is 22.6 Å². The van der Waals surface area contributed by atoms with E-state index >= 15 is 0 Å². The molecule has 2 fully saturated rings. The maximum absolute atomic E-state index is 13.4. The predicted octanol–water partition coefficient (Wildman–Crippen LogP) is 4.93. The average molecular weight is 508 g/mol. The highest BCUT2D eigenvalue weighted by Gasteiger charge is 2.36. The van der Waals surface area contributed by atoms with Gasteiger partial charge in [0.1, 0.15) is 5.82 Å². The van der Waals surface area contributed by atoms with Crippen molar-refractivity contribution in [2.45, 2.75) is 32.9 Å². The third-order valence-electron chi connectivity index (χ3n) is 7.96. The third-order valence-corrected chi connectivity index (χ3v) is 7.96. The molecule has 0 aliphatic carbocycles. The zero-order valence-corrected chi connectivity index (χ0v) is 22.5. The molecule has 2 aromatic carbocycles. The van der Waals surface area contributed by atoms with Crippen LogP contribution in [-0.2, 0) is 13.0 Å². The summed E-state index contributed by atoms with van der Waals surface area (Å²) >= 11 is 0. The number of hydrogen-bond donors (Lipinski definition) is 0. The number of nitrogens with zero attached hydrogens (tertiary/aromatic N) is 5.